The number of benzene rings is 2. The van der Waals surface area contributed by atoms with Crippen molar-refractivity contribution >= 4 is 17.7 Å². The highest BCUT2D eigenvalue weighted by atomic mass is 19.3. The van der Waals surface area contributed by atoms with Crippen molar-refractivity contribution in [3.8, 4) is 5.75 Å². The van der Waals surface area contributed by atoms with E-state index in [4.69, 9.17) is 0 Å². The number of amides is 1. The maximum atomic E-state index is 12.7. The van der Waals surface area contributed by atoms with Gasteiger partial charge in [-0.15, -0.1) is 0 Å². The number of pyridine rings is 1. The van der Waals surface area contributed by atoms with Crippen LogP contribution < -0.4 is 10.1 Å². The number of hydrogen-bond donors (Lipinski definition) is 1. The third kappa shape index (κ3) is 5.74. The topological polar surface area (TPSA) is 51.2 Å². The Balaban J connectivity index is 1.76. The van der Waals surface area contributed by atoms with Gasteiger partial charge in [-0.25, -0.2) is 0 Å². The normalized spacial score (nSPS) is 11.0. The molecule has 0 aliphatic rings. The van der Waals surface area contributed by atoms with Crippen molar-refractivity contribution in [1.82, 2.24) is 4.98 Å². The van der Waals surface area contributed by atoms with Gasteiger partial charge in [0.25, 0.3) is 0 Å². The first-order chi connectivity index (χ1) is 13.6. The average Bonchev–Trinajstić information content (AvgIpc) is 2.70. The minimum Gasteiger partial charge on any atom is -0.435 e. The molecule has 0 aliphatic carbocycles. The molecule has 0 atom stereocenters. The van der Waals surface area contributed by atoms with Crippen molar-refractivity contribution in [2.75, 3.05) is 5.32 Å². The Kier molecular flexibility index (Phi) is 6.46. The second-order valence-electron chi connectivity index (χ2n) is 5.97. The second-order valence-corrected chi connectivity index (χ2v) is 5.97. The van der Waals surface area contributed by atoms with Gasteiger partial charge in [-0.3, -0.25) is 9.78 Å². The number of halogens is 2. The Morgan fingerprint density at radius 2 is 1.93 bits per heavy atom. The molecule has 3 rings (SSSR count). The molecule has 3 aromatic rings. The maximum Gasteiger partial charge on any atom is 0.387 e. The van der Waals surface area contributed by atoms with Crippen molar-refractivity contribution in [2.45, 2.75) is 13.0 Å². The Hall–Kier alpha value is -3.54. The van der Waals surface area contributed by atoms with E-state index >= 15 is 0 Å². The molecule has 1 heterocycles. The van der Waals surface area contributed by atoms with Gasteiger partial charge in [0.15, 0.2) is 0 Å². The lowest BCUT2D eigenvalue weighted by molar-refractivity contribution is -0.111. The molecule has 28 heavy (non-hydrogen) atoms. The third-order valence-electron chi connectivity index (χ3n) is 3.89. The molecule has 0 bridgehead atoms. The van der Waals surface area contributed by atoms with E-state index in [1.165, 1.54) is 18.2 Å². The highest BCUT2D eigenvalue weighted by Gasteiger charge is 2.12. The van der Waals surface area contributed by atoms with Crippen molar-refractivity contribution in [2.24, 2.45) is 0 Å². The molecule has 2 aromatic carbocycles. The molecule has 0 saturated carbocycles. The first-order valence-electron chi connectivity index (χ1n) is 8.61. The molecule has 4 nitrogen and oxygen atoms in total. The molecule has 0 spiro atoms. The monoisotopic (exact) mass is 380 g/mol. The summed E-state index contributed by atoms with van der Waals surface area (Å²) < 4.78 is 30.0. The van der Waals surface area contributed by atoms with Gasteiger partial charge in [-0.05, 0) is 41.5 Å². The quantitative estimate of drug-likeness (QED) is 0.592. The molecular formula is C22H18F2N2O2. The molecule has 0 aliphatic heterocycles. The summed E-state index contributed by atoms with van der Waals surface area (Å²) in [5, 5.41) is 2.73. The van der Waals surface area contributed by atoms with Crippen LogP contribution in [0, 0.1) is 0 Å². The highest BCUT2D eigenvalue weighted by Crippen LogP contribution is 2.27. The van der Waals surface area contributed by atoms with E-state index in [9.17, 15) is 13.6 Å². The lowest BCUT2D eigenvalue weighted by Gasteiger charge is -2.13. The summed E-state index contributed by atoms with van der Waals surface area (Å²) in [5.41, 5.74) is 2.79. The van der Waals surface area contributed by atoms with Crippen LogP contribution in [0.25, 0.3) is 6.08 Å². The van der Waals surface area contributed by atoms with E-state index in [1.54, 1.807) is 30.6 Å². The molecule has 0 unspecified atom stereocenters. The number of aromatic nitrogens is 1. The van der Waals surface area contributed by atoms with Crippen molar-refractivity contribution in [3.63, 3.8) is 0 Å². The third-order valence-corrected chi connectivity index (χ3v) is 3.89. The molecule has 1 aromatic heterocycles. The lowest BCUT2D eigenvalue weighted by Crippen LogP contribution is -2.09. The van der Waals surface area contributed by atoms with Gasteiger partial charge in [0, 0.05) is 36.1 Å². The van der Waals surface area contributed by atoms with Gasteiger partial charge in [0.05, 0.1) is 0 Å². The summed E-state index contributed by atoms with van der Waals surface area (Å²) in [6.07, 6.45) is 6.71. The summed E-state index contributed by atoms with van der Waals surface area (Å²) in [6, 6.07) is 17.6. The van der Waals surface area contributed by atoms with Gasteiger partial charge in [-0.1, -0.05) is 36.4 Å². The minimum atomic E-state index is -2.92. The number of anilines is 1. The predicted octanol–water partition coefficient (Wildman–Crippen LogP) is 4.93. The standard InChI is InChI=1S/C22H18F2N2O2/c23-22(24)28-20-10-9-19(14-18(20)13-16-5-2-1-3-6-16)26-21(27)11-8-17-7-4-12-25-15-17/h1-12,14-15,22H,13H2,(H,26,27)/b11-8+. The zero-order chi connectivity index (χ0) is 19.8. The lowest BCUT2D eigenvalue weighted by atomic mass is 10.0. The van der Waals surface area contributed by atoms with Crippen LogP contribution in [0.2, 0.25) is 0 Å². The Morgan fingerprint density at radius 1 is 1.11 bits per heavy atom. The van der Waals surface area contributed by atoms with Crippen molar-refractivity contribution in [1.29, 1.82) is 0 Å². The van der Waals surface area contributed by atoms with E-state index < -0.39 is 6.61 Å². The zero-order valence-electron chi connectivity index (χ0n) is 14.9. The van der Waals surface area contributed by atoms with E-state index in [0.717, 1.165) is 11.1 Å². The summed E-state index contributed by atoms with van der Waals surface area (Å²) in [4.78, 5) is 16.1. The summed E-state index contributed by atoms with van der Waals surface area (Å²) in [6.45, 7) is -2.92. The van der Waals surface area contributed by atoms with Crippen molar-refractivity contribution in [3.05, 3.63) is 95.8 Å². The van der Waals surface area contributed by atoms with Crippen LogP contribution in [-0.4, -0.2) is 17.5 Å². The summed E-state index contributed by atoms with van der Waals surface area (Å²) >= 11 is 0. The van der Waals surface area contributed by atoms with E-state index in [0.29, 0.717) is 17.7 Å². The van der Waals surface area contributed by atoms with Crippen LogP contribution in [0.5, 0.6) is 5.75 Å². The Morgan fingerprint density at radius 3 is 2.64 bits per heavy atom. The highest BCUT2D eigenvalue weighted by molar-refractivity contribution is 6.02. The van der Waals surface area contributed by atoms with Gasteiger partial charge in [0.2, 0.25) is 5.91 Å². The van der Waals surface area contributed by atoms with Crippen molar-refractivity contribution < 1.29 is 18.3 Å². The number of hydrogen-bond acceptors (Lipinski definition) is 3. The largest absolute Gasteiger partial charge is 0.435 e. The molecule has 142 valence electrons. The first-order valence-corrected chi connectivity index (χ1v) is 8.61. The van der Waals surface area contributed by atoms with Crippen LogP contribution in [0.4, 0.5) is 14.5 Å². The fourth-order valence-electron chi connectivity index (χ4n) is 2.65. The van der Waals surface area contributed by atoms with E-state index in [-0.39, 0.29) is 11.7 Å². The van der Waals surface area contributed by atoms with Crippen LogP contribution in [0.15, 0.2) is 79.1 Å². The molecule has 0 radical (unpaired) electrons. The maximum absolute atomic E-state index is 12.7. The molecule has 0 fully saturated rings. The predicted molar refractivity (Wildman–Crippen MR) is 104 cm³/mol. The number of nitrogens with one attached hydrogen (secondary N) is 1. The number of rotatable bonds is 7. The molecule has 6 heteroatoms. The van der Waals surface area contributed by atoms with Crippen LogP contribution in [0.1, 0.15) is 16.7 Å². The molecule has 0 saturated heterocycles. The Bertz CT molecular complexity index is 945. The van der Waals surface area contributed by atoms with E-state index in [1.807, 2.05) is 36.4 Å². The van der Waals surface area contributed by atoms with Gasteiger partial charge in [0.1, 0.15) is 5.75 Å². The Labute approximate surface area is 161 Å². The first kappa shape index (κ1) is 19.2. The average molecular weight is 380 g/mol. The fourth-order valence-corrected chi connectivity index (χ4v) is 2.65. The fraction of sp³-hybridized carbons (Fsp3) is 0.0909. The number of ether oxygens (including phenoxy) is 1. The number of nitrogens with zero attached hydrogens (tertiary/aromatic N) is 1. The minimum absolute atomic E-state index is 0.0859. The summed E-state index contributed by atoms with van der Waals surface area (Å²) in [5.74, 6) is -0.250. The number of carbonyl (C=O) groups is 1. The molecule has 1 N–H and O–H groups in total. The number of alkyl halides is 2. The number of carbonyl (C=O) groups excluding carboxylic acids is 1. The van der Waals surface area contributed by atoms with Gasteiger partial charge < -0.3 is 10.1 Å². The molecule has 1 amide bonds. The van der Waals surface area contributed by atoms with E-state index in [2.05, 4.69) is 15.0 Å². The smallest absolute Gasteiger partial charge is 0.387 e. The van der Waals surface area contributed by atoms with Gasteiger partial charge >= 0.3 is 6.61 Å². The SMILES string of the molecule is O=C(/C=C/c1cccnc1)Nc1ccc(OC(F)F)c(Cc2ccccc2)c1. The summed E-state index contributed by atoms with van der Waals surface area (Å²) in [7, 11) is 0. The van der Waals surface area contributed by atoms with Gasteiger partial charge in [-0.2, -0.15) is 8.78 Å². The van der Waals surface area contributed by atoms with Crippen LogP contribution >= 0.6 is 0 Å². The second kappa shape index (κ2) is 9.41. The van der Waals surface area contributed by atoms with Crippen LogP contribution in [-0.2, 0) is 11.2 Å². The van der Waals surface area contributed by atoms with Crippen LogP contribution in [0.3, 0.4) is 0 Å². The molecular weight excluding hydrogens is 362 g/mol. The zero-order valence-corrected chi connectivity index (χ0v) is 14.9.